The van der Waals surface area contributed by atoms with Crippen LogP contribution in [0.3, 0.4) is 0 Å². The van der Waals surface area contributed by atoms with E-state index in [0.29, 0.717) is 5.76 Å². The van der Waals surface area contributed by atoms with E-state index in [1.165, 1.54) is 12.5 Å². The van der Waals surface area contributed by atoms with Crippen molar-refractivity contribution in [2.24, 2.45) is 11.3 Å². The van der Waals surface area contributed by atoms with Crippen LogP contribution in [0.15, 0.2) is 11.8 Å². The Hall–Kier alpha value is -0.790. The van der Waals surface area contributed by atoms with Gasteiger partial charge in [-0.05, 0) is 32.1 Å². The Kier molecular flexibility index (Phi) is 5.90. The summed E-state index contributed by atoms with van der Waals surface area (Å²) in [6, 6.07) is 0. The highest BCUT2D eigenvalue weighted by Crippen LogP contribution is 2.37. The lowest BCUT2D eigenvalue weighted by Crippen LogP contribution is -2.23. The van der Waals surface area contributed by atoms with Gasteiger partial charge in [-0.3, -0.25) is 4.79 Å². The molecule has 2 heteroatoms. The van der Waals surface area contributed by atoms with Gasteiger partial charge in [-0.15, -0.1) is 0 Å². The standard InChI is InChI=1S/C16H28O2/c1-4-16(5-2,6-3)15(18)12-14(17)13-10-8-7-9-11-13/h12-13,18H,4-11H2,1-3H3. The van der Waals surface area contributed by atoms with Gasteiger partial charge in [-0.25, -0.2) is 0 Å². The van der Waals surface area contributed by atoms with Crippen LogP contribution < -0.4 is 0 Å². The van der Waals surface area contributed by atoms with Gasteiger partial charge in [0.05, 0.1) is 0 Å². The summed E-state index contributed by atoms with van der Waals surface area (Å²) < 4.78 is 0. The molecule has 0 aromatic carbocycles. The van der Waals surface area contributed by atoms with Crippen molar-refractivity contribution in [3.63, 3.8) is 0 Å². The fourth-order valence-corrected chi connectivity index (χ4v) is 3.09. The van der Waals surface area contributed by atoms with Crippen molar-refractivity contribution >= 4 is 5.78 Å². The fourth-order valence-electron chi connectivity index (χ4n) is 3.09. The van der Waals surface area contributed by atoms with Crippen molar-refractivity contribution in [2.75, 3.05) is 0 Å². The highest BCUT2D eigenvalue weighted by molar-refractivity contribution is 5.92. The minimum Gasteiger partial charge on any atom is -0.512 e. The Labute approximate surface area is 111 Å². The second-order valence-corrected chi connectivity index (χ2v) is 5.61. The third kappa shape index (κ3) is 3.37. The number of aliphatic hydroxyl groups is 1. The lowest BCUT2D eigenvalue weighted by atomic mass is 9.76. The predicted molar refractivity (Wildman–Crippen MR) is 75.6 cm³/mol. The molecule has 0 amide bonds. The van der Waals surface area contributed by atoms with Crippen molar-refractivity contribution in [1.82, 2.24) is 0 Å². The molecule has 0 aliphatic heterocycles. The van der Waals surface area contributed by atoms with Gasteiger partial charge in [0.15, 0.2) is 5.78 Å². The smallest absolute Gasteiger partial charge is 0.162 e. The van der Waals surface area contributed by atoms with E-state index in [2.05, 4.69) is 20.8 Å². The Morgan fingerprint density at radius 2 is 1.61 bits per heavy atom. The number of rotatable bonds is 6. The maximum Gasteiger partial charge on any atom is 0.162 e. The molecule has 1 fully saturated rings. The number of allylic oxidation sites excluding steroid dienone is 2. The molecule has 0 aromatic heterocycles. The van der Waals surface area contributed by atoms with E-state index in [1.54, 1.807) is 0 Å². The van der Waals surface area contributed by atoms with E-state index in [1.807, 2.05) is 0 Å². The van der Waals surface area contributed by atoms with Crippen LogP contribution in [0.25, 0.3) is 0 Å². The summed E-state index contributed by atoms with van der Waals surface area (Å²) in [6.45, 7) is 6.26. The van der Waals surface area contributed by atoms with Crippen LogP contribution in [-0.2, 0) is 4.79 Å². The molecule has 1 N–H and O–H groups in total. The van der Waals surface area contributed by atoms with Crippen molar-refractivity contribution in [3.8, 4) is 0 Å². The zero-order valence-corrected chi connectivity index (χ0v) is 12.2. The van der Waals surface area contributed by atoms with Gasteiger partial charge in [0.2, 0.25) is 0 Å². The predicted octanol–water partition coefficient (Wildman–Crippen LogP) is 4.79. The first kappa shape index (κ1) is 15.3. The highest BCUT2D eigenvalue weighted by atomic mass is 16.3. The third-order valence-electron chi connectivity index (χ3n) is 4.86. The van der Waals surface area contributed by atoms with E-state index in [9.17, 15) is 9.90 Å². The minimum absolute atomic E-state index is 0.145. The fraction of sp³-hybridized carbons (Fsp3) is 0.812. The summed E-state index contributed by atoms with van der Waals surface area (Å²) in [5.41, 5.74) is -0.190. The first-order valence-corrected chi connectivity index (χ1v) is 7.54. The minimum atomic E-state index is -0.190. The van der Waals surface area contributed by atoms with Gasteiger partial charge in [0.25, 0.3) is 0 Å². The van der Waals surface area contributed by atoms with Crippen molar-refractivity contribution in [2.45, 2.75) is 72.1 Å². The molecule has 1 aliphatic rings. The lowest BCUT2D eigenvalue weighted by molar-refractivity contribution is -0.119. The maximum absolute atomic E-state index is 12.2. The van der Waals surface area contributed by atoms with Crippen LogP contribution in [0.5, 0.6) is 0 Å². The second kappa shape index (κ2) is 6.96. The van der Waals surface area contributed by atoms with Gasteiger partial charge >= 0.3 is 0 Å². The first-order valence-electron chi connectivity index (χ1n) is 7.54. The van der Waals surface area contributed by atoms with Crippen LogP contribution in [0.2, 0.25) is 0 Å². The van der Waals surface area contributed by atoms with Crippen molar-refractivity contribution < 1.29 is 9.90 Å². The van der Waals surface area contributed by atoms with Gasteiger partial charge in [-0.1, -0.05) is 40.0 Å². The molecule has 0 radical (unpaired) electrons. The Balaban J connectivity index is 2.76. The van der Waals surface area contributed by atoms with Crippen LogP contribution >= 0.6 is 0 Å². The summed E-state index contributed by atoms with van der Waals surface area (Å²) in [5, 5.41) is 10.3. The number of carbonyl (C=O) groups excluding carboxylic acids is 1. The molecule has 0 saturated heterocycles. The van der Waals surface area contributed by atoms with Gasteiger partial charge in [0, 0.05) is 17.4 Å². The molecule has 104 valence electrons. The van der Waals surface area contributed by atoms with Crippen LogP contribution in [-0.4, -0.2) is 10.9 Å². The molecule has 1 aliphatic carbocycles. The molecular weight excluding hydrogens is 224 g/mol. The van der Waals surface area contributed by atoms with Gasteiger partial charge < -0.3 is 5.11 Å². The number of aliphatic hydroxyl groups excluding tert-OH is 1. The number of ketones is 1. The summed E-state index contributed by atoms with van der Waals surface area (Å²) in [6.07, 6.45) is 9.77. The van der Waals surface area contributed by atoms with E-state index in [-0.39, 0.29) is 17.1 Å². The topological polar surface area (TPSA) is 37.3 Å². The molecule has 1 saturated carbocycles. The quantitative estimate of drug-likeness (QED) is 0.545. The SMILES string of the molecule is CCC(CC)(CC)C(O)=CC(=O)C1CCCCC1. The first-order chi connectivity index (χ1) is 8.59. The molecule has 0 heterocycles. The average Bonchev–Trinajstić information content (AvgIpc) is 2.42. The number of hydrogen-bond acceptors (Lipinski definition) is 2. The summed E-state index contributed by atoms with van der Waals surface area (Å²) >= 11 is 0. The molecule has 1 rings (SSSR count). The molecule has 0 aromatic rings. The Morgan fingerprint density at radius 3 is 2.06 bits per heavy atom. The molecule has 2 nitrogen and oxygen atoms in total. The molecule has 18 heavy (non-hydrogen) atoms. The summed E-state index contributed by atoms with van der Waals surface area (Å²) in [7, 11) is 0. The Bertz CT molecular complexity index is 286. The van der Waals surface area contributed by atoms with Gasteiger partial charge in [-0.2, -0.15) is 0 Å². The third-order valence-corrected chi connectivity index (χ3v) is 4.86. The normalized spacial score (nSPS) is 18.9. The number of hydrogen-bond donors (Lipinski definition) is 1. The van der Waals surface area contributed by atoms with E-state index < -0.39 is 0 Å². The maximum atomic E-state index is 12.2. The van der Waals surface area contributed by atoms with Crippen molar-refractivity contribution in [3.05, 3.63) is 11.8 Å². The largest absolute Gasteiger partial charge is 0.512 e. The lowest BCUT2D eigenvalue weighted by Gasteiger charge is -2.30. The molecule has 0 unspecified atom stereocenters. The molecule has 0 spiro atoms. The summed E-state index contributed by atoms with van der Waals surface area (Å²) in [4.78, 5) is 12.2. The van der Waals surface area contributed by atoms with Crippen molar-refractivity contribution in [1.29, 1.82) is 0 Å². The summed E-state index contributed by atoms with van der Waals surface area (Å²) in [5.74, 6) is 0.613. The van der Waals surface area contributed by atoms with Crippen LogP contribution in [0.4, 0.5) is 0 Å². The molecule has 0 bridgehead atoms. The van der Waals surface area contributed by atoms with Gasteiger partial charge in [0.1, 0.15) is 5.76 Å². The monoisotopic (exact) mass is 252 g/mol. The van der Waals surface area contributed by atoms with Crippen LogP contribution in [0.1, 0.15) is 72.1 Å². The highest BCUT2D eigenvalue weighted by Gasteiger charge is 2.30. The second-order valence-electron chi connectivity index (χ2n) is 5.61. The van der Waals surface area contributed by atoms with E-state index >= 15 is 0 Å². The van der Waals surface area contributed by atoms with Crippen LogP contribution in [0, 0.1) is 11.3 Å². The molecular formula is C16H28O2. The zero-order chi connectivity index (χ0) is 13.6. The Morgan fingerprint density at radius 1 is 1.11 bits per heavy atom. The molecule has 0 atom stereocenters. The van der Waals surface area contributed by atoms with E-state index in [4.69, 9.17) is 0 Å². The average molecular weight is 252 g/mol. The zero-order valence-electron chi connectivity index (χ0n) is 12.2. The van der Waals surface area contributed by atoms with E-state index in [0.717, 1.165) is 44.9 Å². The number of carbonyl (C=O) groups is 1.